The minimum Gasteiger partial charge on any atom is -0.300 e. The van der Waals surface area contributed by atoms with E-state index >= 15 is 0 Å². The maximum absolute atomic E-state index is 9.12. The van der Waals surface area contributed by atoms with Gasteiger partial charge in [0.25, 0.3) is 0 Å². The molecule has 2 aromatic heterocycles. The van der Waals surface area contributed by atoms with E-state index in [-0.39, 0.29) is 11.0 Å². The van der Waals surface area contributed by atoms with Gasteiger partial charge < -0.3 is 4.57 Å². The highest BCUT2D eigenvalue weighted by Crippen LogP contribution is 2.50. The predicted octanol–water partition coefficient (Wildman–Crippen LogP) is 5.92. The Balaban J connectivity index is 1.94. The minimum absolute atomic E-state index is 0.131. The number of para-hydroxylation sites is 2. The molecule has 128 valence electrons. The van der Waals surface area contributed by atoms with Crippen LogP contribution in [0.2, 0.25) is 0 Å². The molecule has 0 unspecified atom stereocenters. The van der Waals surface area contributed by atoms with Crippen molar-refractivity contribution in [2.24, 2.45) is 0 Å². The lowest BCUT2D eigenvalue weighted by molar-refractivity contribution is 0.634. The number of thiophene rings is 1. The summed E-state index contributed by atoms with van der Waals surface area (Å²) >= 11 is 1.64. The summed E-state index contributed by atoms with van der Waals surface area (Å²) in [4.78, 5) is 0.935. The molecule has 2 aromatic carbocycles. The molecule has 0 amide bonds. The molecular weight excluding hydrogens is 350 g/mol. The van der Waals surface area contributed by atoms with E-state index in [2.05, 4.69) is 66.9 Å². The Kier molecular flexibility index (Phi) is 3.13. The van der Waals surface area contributed by atoms with E-state index < -0.39 is 0 Å². The quantitative estimate of drug-likeness (QED) is 0.393. The first-order valence-corrected chi connectivity index (χ1v) is 9.57. The topological polar surface area (TPSA) is 52.5 Å². The van der Waals surface area contributed by atoms with Gasteiger partial charge >= 0.3 is 0 Å². The van der Waals surface area contributed by atoms with Gasteiger partial charge in [0.15, 0.2) is 0 Å². The summed E-state index contributed by atoms with van der Waals surface area (Å²) in [5, 5.41) is 21.9. The SMILES string of the molecule is CC1(C)c2cc(C=C(C#N)C#N)sc2-n2c3ccccc3c3cccc1c32. The van der Waals surface area contributed by atoms with Gasteiger partial charge in [0, 0.05) is 21.1 Å². The van der Waals surface area contributed by atoms with Crippen LogP contribution in [-0.2, 0) is 5.41 Å². The number of hydrogen-bond donors (Lipinski definition) is 0. The molecule has 0 fully saturated rings. The van der Waals surface area contributed by atoms with Gasteiger partial charge in [0.05, 0.1) is 11.0 Å². The number of rotatable bonds is 1. The van der Waals surface area contributed by atoms with Crippen LogP contribution >= 0.6 is 11.3 Å². The molecule has 0 radical (unpaired) electrons. The van der Waals surface area contributed by atoms with E-state index in [0.717, 1.165) is 4.88 Å². The fourth-order valence-corrected chi connectivity index (χ4v) is 5.48. The molecule has 1 aliphatic rings. The second kappa shape index (κ2) is 5.33. The molecule has 3 nitrogen and oxygen atoms in total. The van der Waals surface area contributed by atoms with Crippen LogP contribution in [0.15, 0.2) is 54.1 Å². The summed E-state index contributed by atoms with van der Waals surface area (Å²) in [6.45, 7) is 4.50. The van der Waals surface area contributed by atoms with Gasteiger partial charge in [0.1, 0.15) is 22.7 Å². The van der Waals surface area contributed by atoms with Crippen molar-refractivity contribution in [2.45, 2.75) is 19.3 Å². The Morgan fingerprint density at radius 1 is 1.00 bits per heavy atom. The van der Waals surface area contributed by atoms with Gasteiger partial charge in [-0.25, -0.2) is 0 Å². The van der Waals surface area contributed by atoms with Crippen LogP contribution in [0.5, 0.6) is 0 Å². The lowest BCUT2D eigenvalue weighted by Gasteiger charge is -2.32. The second-order valence-electron chi connectivity index (χ2n) is 7.33. The molecule has 3 heterocycles. The fraction of sp³-hybridized carbons (Fsp3) is 0.130. The van der Waals surface area contributed by atoms with Crippen molar-refractivity contribution in [3.05, 3.63) is 70.1 Å². The van der Waals surface area contributed by atoms with Crippen molar-refractivity contribution in [3.8, 4) is 17.1 Å². The van der Waals surface area contributed by atoms with Gasteiger partial charge in [-0.3, -0.25) is 0 Å². The van der Waals surface area contributed by atoms with E-state index in [4.69, 9.17) is 10.5 Å². The molecule has 27 heavy (non-hydrogen) atoms. The zero-order valence-electron chi connectivity index (χ0n) is 14.9. The molecule has 0 aliphatic carbocycles. The summed E-state index contributed by atoms with van der Waals surface area (Å²) < 4.78 is 2.35. The molecule has 1 aliphatic heterocycles. The second-order valence-corrected chi connectivity index (χ2v) is 8.39. The maximum atomic E-state index is 9.12. The van der Waals surface area contributed by atoms with Gasteiger partial charge in [-0.2, -0.15) is 10.5 Å². The molecule has 0 bridgehead atoms. The molecular formula is C23H15N3S. The summed E-state index contributed by atoms with van der Waals surface area (Å²) in [5.41, 5.74) is 4.96. The lowest BCUT2D eigenvalue weighted by atomic mass is 9.76. The first-order valence-electron chi connectivity index (χ1n) is 8.75. The number of nitrogens with zero attached hydrogens (tertiary/aromatic N) is 3. The maximum Gasteiger partial charge on any atom is 0.131 e. The van der Waals surface area contributed by atoms with E-state index in [9.17, 15) is 0 Å². The average molecular weight is 365 g/mol. The first-order chi connectivity index (χ1) is 13.1. The highest BCUT2D eigenvalue weighted by molar-refractivity contribution is 7.15. The van der Waals surface area contributed by atoms with Crippen LogP contribution < -0.4 is 0 Å². The van der Waals surface area contributed by atoms with Crippen molar-refractivity contribution in [2.75, 3.05) is 0 Å². The number of aromatic nitrogens is 1. The molecule has 4 heteroatoms. The number of allylic oxidation sites excluding steroid dienone is 1. The highest BCUT2D eigenvalue weighted by Gasteiger charge is 2.36. The fourth-order valence-electron chi connectivity index (χ4n) is 4.20. The van der Waals surface area contributed by atoms with Crippen LogP contribution in [0.4, 0.5) is 0 Å². The molecule has 0 atom stereocenters. The van der Waals surface area contributed by atoms with Crippen molar-refractivity contribution in [1.82, 2.24) is 4.57 Å². The third kappa shape index (κ3) is 1.99. The van der Waals surface area contributed by atoms with Gasteiger partial charge in [0.2, 0.25) is 0 Å². The van der Waals surface area contributed by atoms with Crippen molar-refractivity contribution in [1.29, 1.82) is 10.5 Å². The monoisotopic (exact) mass is 365 g/mol. The van der Waals surface area contributed by atoms with Gasteiger partial charge in [-0.1, -0.05) is 50.2 Å². The van der Waals surface area contributed by atoms with Gasteiger partial charge in [-0.05, 0) is 29.3 Å². The molecule has 5 rings (SSSR count). The van der Waals surface area contributed by atoms with Crippen molar-refractivity contribution in [3.63, 3.8) is 0 Å². The van der Waals surface area contributed by atoms with E-state index in [1.807, 2.05) is 12.1 Å². The standard InChI is InChI=1S/C23H15N3S/c1-23(2)18-8-5-7-17-16-6-3-4-9-20(16)26(21(17)18)22-19(23)11-15(27-22)10-14(12-24)13-25/h3-11H,1-2H3. The number of fused-ring (bicyclic) bond motifs is 5. The largest absolute Gasteiger partial charge is 0.300 e. The Bertz CT molecular complexity index is 1350. The molecule has 4 aromatic rings. The molecule has 0 saturated heterocycles. The summed E-state index contributed by atoms with van der Waals surface area (Å²) in [6, 6.07) is 21.1. The minimum atomic E-state index is -0.152. The van der Waals surface area contributed by atoms with E-state index in [1.165, 1.54) is 37.9 Å². The smallest absolute Gasteiger partial charge is 0.131 e. The van der Waals surface area contributed by atoms with E-state index in [0.29, 0.717) is 0 Å². The Morgan fingerprint density at radius 2 is 1.74 bits per heavy atom. The summed E-state index contributed by atoms with van der Waals surface area (Å²) in [6.07, 6.45) is 1.69. The number of hydrogen-bond acceptors (Lipinski definition) is 3. The van der Waals surface area contributed by atoms with Crippen molar-refractivity contribution < 1.29 is 0 Å². The first kappa shape index (κ1) is 15.9. The normalized spacial score (nSPS) is 13.8. The Morgan fingerprint density at radius 3 is 2.52 bits per heavy atom. The predicted molar refractivity (Wildman–Crippen MR) is 110 cm³/mol. The molecule has 0 spiro atoms. The van der Waals surface area contributed by atoms with Crippen LogP contribution in [0.1, 0.15) is 29.9 Å². The lowest BCUT2D eigenvalue weighted by Crippen LogP contribution is -2.24. The highest BCUT2D eigenvalue weighted by atomic mass is 32.1. The number of benzene rings is 2. The van der Waals surface area contributed by atoms with Gasteiger partial charge in [-0.15, -0.1) is 11.3 Å². The zero-order chi connectivity index (χ0) is 18.8. The molecule has 0 saturated carbocycles. The van der Waals surface area contributed by atoms with Crippen LogP contribution in [0.3, 0.4) is 0 Å². The zero-order valence-corrected chi connectivity index (χ0v) is 15.8. The Hall–Kier alpha value is -3.34. The average Bonchev–Trinajstić information content (AvgIpc) is 3.24. The van der Waals surface area contributed by atoms with Crippen LogP contribution in [0, 0.1) is 22.7 Å². The van der Waals surface area contributed by atoms with Crippen LogP contribution in [-0.4, -0.2) is 4.57 Å². The van der Waals surface area contributed by atoms with E-state index in [1.54, 1.807) is 17.4 Å². The third-order valence-corrected chi connectivity index (χ3v) is 6.57. The third-order valence-electron chi connectivity index (χ3n) is 5.50. The summed E-state index contributed by atoms with van der Waals surface area (Å²) in [7, 11) is 0. The van der Waals surface area contributed by atoms with Crippen molar-refractivity contribution >= 4 is 39.2 Å². The Labute approximate surface area is 161 Å². The molecule has 0 N–H and O–H groups in total. The summed E-state index contributed by atoms with van der Waals surface area (Å²) in [5.74, 6) is 0. The number of nitriles is 2. The van der Waals surface area contributed by atoms with Crippen LogP contribution in [0.25, 0.3) is 32.9 Å².